The fourth-order valence-electron chi connectivity index (χ4n) is 1.36. The van der Waals surface area contributed by atoms with E-state index in [1.807, 2.05) is 6.92 Å². The van der Waals surface area contributed by atoms with Gasteiger partial charge in [0.15, 0.2) is 0 Å². The predicted molar refractivity (Wildman–Crippen MR) is 64.6 cm³/mol. The molecule has 0 fully saturated rings. The number of hydrogen-bond donors (Lipinski definition) is 3. The maximum atomic E-state index is 10.9. The van der Waals surface area contributed by atoms with Crippen molar-refractivity contribution >= 4 is 17.5 Å². The number of anilines is 2. The van der Waals surface area contributed by atoms with Gasteiger partial charge in [0.25, 0.3) is 0 Å². The van der Waals surface area contributed by atoms with Crippen molar-refractivity contribution in [2.45, 2.75) is 26.7 Å². The van der Waals surface area contributed by atoms with Gasteiger partial charge in [0, 0.05) is 6.54 Å². The normalized spacial score (nSPS) is 10.1. The fourth-order valence-corrected chi connectivity index (χ4v) is 1.36. The highest BCUT2D eigenvalue weighted by atomic mass is 16.6. The molecule has 17 heavy (non-hydrogen) atoms. The Morgan fingerprint density at radius 3 is 2.71 bits per heavy atom. The summed E-state index contributed by atoms with van der Waals surface area (Å²) >= 11 is 0. The van der Waals surface area contributed by atoms with E-state index in [-0.39, 0.29) is 23.1 Å². The Bertz CT molecular complexity index is 409. The molecule has 0 radical (unpaired) electrons. The van der Waals surface area contributed by atoms with Gasteiger partial charge in [-0.05, 0) is 13.3 Å². The maximum Gasteiger partial charge on any atom is 0.332 e. The van der Waals surface area contributed by atoms with Crippen LogP contribution in [0, 0.1) is 17.0 Å². The standard InChI is InChI=1S/C9H16N6O2/c1-3-4-5-11-8-7(15(16)17)6(2)12-9(13-8)14-10/h3-5,10H2,1-2H3,(H2,11,12,13,14). The van der Waals surface area contributed by atoms with Crippen molar-refractivity contribution in [3.8, 4) is 0 Å². The molecule has 0 spiro atoms. The van der Waals surface area contributed by atoms with Crippen LogP contribution in [-0.2, 0) is 0 Å². The minimum absolute atomic E-state index is 0.111. The van der Waals surface area contributed by atoms with Gasteiger partial charge in [0.1, 0.15) is 5.69 Å². The average molecular weight is 240 g/mol. The molecule has 8 heteroatoms. The van der Waals surface area contributed by atoms with Crippen LogP contribution in [0.2, 0.25) is 0 Å². The minimum atomic E-state index is -0.496. The molecule has 0 amide bonds. The Balaban J connectivity index is 3.04. The lowest BCUT2D eigenvalue weighted by atomic mass is 10.3. The number of aromatic nitrogens is 2. The molecule has 0 saturated carbocycles. The van der Waals surface area contributed by atoms with Crippen LogP contribution in [0.5, 0.6) is 0 Å². The molecule has 0 aliphatic carbocycles. The van der Waals surface area contributed by atoms with Crippen molar-refractivity contribution in [3.63, 3.8) is 0 Å². The van der Waals surface area contributed by atoms with Crippen molar-refractivity contribution < 1.29 is 4.92 Å². The molecule has 1 aromatic rings. The molecule has 1 rings (SSSR count). The van der Waals surface area contributed by atoms with Crippen LogP contribution >= 0.6 is 0 Å². The SMILES string of the molecule is CCCCNc1nc(NN)nc(C)c1[N+](=O)[O-]. The van der Waals surface area contributed by atoms with Crippen molar-refractivity contribution in [1.82, 2.24) is 9.97 Å². The Morgan fingerprint density at radius 2 is 2.18 bits per heavy atom. The quantitative estimate of drug-likeness (QED) is 0.295. The third-order valence-corrected chi connectivity index (χ3v) is 2.19. The average Bonchev–Trinajstić information content (AvgIpc) is 2.28. The van der Waals surface area contributed by atoms with E-state index in [4.69, 9.17) is 5.84 Å². The number of hydrogen-bond acceptors (Lipinski definition) is 7. The second-order valence-electron chi connectivity index (χ2n) is 3.51. The molecular formula is C9H16N6O2. The number of nitrogens with zero attached hydrogens (tertiary/aromatic N) is 3. The Hall–Kier alpha value is -1.96. The summed E-state index contributed by atoms with van der Waals surface area (Å²) in [6.07, 6.45) is 1.90. The zero-order valence-corrected chi connectivity index (χ0v) is 9.86. The number of nitrogen functional groups attached to an aromatic ring is 1. The van der Waals surface area contributed by atoms with Crippen LogP contribution in [0.4, 0.5) is 17.5 Å². The van der Waals surface area contributed by atoms with E-state index in [9.17, 15) is 10.1 Å². The lowest BCUT2D eigenvalue weighted by Crippen LogP contribution is -2.15. The first kappa shape index (κ1) is 13.1. The summed E-state index contributed by atoms with van der Waals surface area (Å²) in [4.78, 5) is 18.2. The van der Waals surface area contributed by atoms with Crippen LogP contribution < -0.4 is 16.6 Å². The molecule has 8 nitrogen and oxygen atoms in total. The number of nitro groups is 1. The fraction of sp³-hybridized carbons (Fsp3) is 0.556. The summed E-state index contributed by atoms with van der Waals surface area (Å²) in [5.74, 6) is 5.55. The first-order valence-electron chi connectivity index (χ1n) is 5.33. The summed E-state index contributed by atoms with van der Waals surface area (Å²) in [6, 6.07) is 0. The van der Waals surface area contributed by atoms with Gasteiger partial charge in [-0.1, -0.05) is 13.3 Å². The summed E-state index contributed by atoms with van der Waals surface area (Å²) in [6.45, 7) is 4.21. The lowest BCUT2D eigenvalue weighted by Gasteiger charge is -2.08. The van der Waals surface area contributed by atoms with E-state index in [1.165, 1.54) is 0 Å². The van der Waals surface area contributed by atoms with Crippen molar-refractivity contribution in [1.29, 1.82) is 0 Å². The summed E-state index contributed by atoms with van der Waals surface area (Å²) in [5, 5.41) is 13.8. The number of nitrogens with two attached hydrogens (primary N) is 1. The molecule has 0 aromatic carbocycles. The second-order valence-corrected chi connectivity index (χ2v) is 3.51. The molecule has 94 valence electrons. The minimum Gasteiger partial charge on any atom is -0.364 e. The predicted octanol–water partition coefficient (Wildman–Crippen LogP) is 1.19. The van der Waals surface area contributed by atoms with E-state index >= 15 is 0 Å². The van der Waals surface area contributed by atoms with Crippen LogP contribution in [0.1, 0.15) is 25.5 Å². The first-order valence-corrected chi connectivity index (χ1v) is 5.33. The van der Waals surface area contributed by atoms with Crippen molar-refractivity contribution in [2.75, 3.05) is 17.3 Å². The van der Waals surface area contributed by atoms with Gasteiger partial charge in [0.2, 0.25) is 11.8 Å². The Morgan fingerprint density at radius 1 is 1.47 bits per heavy atom. The zero-order chi connectivity index (χ0) is 12.8. The molecule has 0 bridgehead atoms. The van der Waals surface area contributed by atoms with Gasteiger partial charge in [-0.3, -0.25) is 15.5 Å². The monoisotopic (exact) mass is 240 g/mol. The van der Waals surface area contributed by atoms with Gasteiger partial charge in [-0.15, -0.1) is 0 Å². The van der Waals surface area contributed by atoms with Crippen molar-refractivity contribution in [3.05, 3.63) is 15.8 Å². The van der Waals surface area contributed by atoms with Gasteiger partial charge >= 0.3 is 5.69 Å². The van der Waals surface area contributed by atoms with Crippen LogP contribution in [-0.4, -0.2) is 21.4 Å². The van der Waals surface area contributed by atoms with E-state index < -0.39 is 4.92 Å². The first-order chi connectivity index (χ1) is 8.10. The highest BCUT2D eigenvalue weighted by molar-refractivity contribution is 5.60. The van der Waals surface area contributed by atoms with Gasteiger partial charge in [-0.2, -0.15) is 4.98 Å². The molecule has 0 aliphatic heterocycles. The molecule has 4 N–H and O–H groups in total. The highest BCUT2D eigenvalue weighted by Gasteiger charge is 2.21. The van der Waals surface area contributed by atoms with Crippen molar-refractivity contribution in [2.24, 2.45) is 5.84 Å². The highest BCUT2D eigenvalue weighted by Crippen LogP contribution is 2.26. The Labute approximate surface area is 98.8 Å². The van der Waals surface area contributed by atoms with E-state index in [0.717, 1.165) is 12.8 Å². The number of unbranched alkanes of at least 4 members (excludes halogenated alkanes) is 1. The number of hydrazine groups is 1. The maximum absolute atomic E-state index is 10.9. The van der Waals surface area contributed by atoms with Crippen LogP contribution in [0.25, 0.3) is 0 Å². The zero-order valence-electron chi connectivity index (χ0n) is 9.86. The van der Waals surface area contributed by atoms with Crippen LogP contribution in [0.15, 0.2) is 0 Å². The summed E-state index contributed by atoms with van der Waals surface area (Å²) < 4.78 is 0. The van der Waals surface area contributed by atoms with E-state index in [1.54, 1.807) is 6.92 Å². The molecule has 0 saturated heterocycles. The molecule has 1 aromatic heterocycles. The third-order valence-electron chi connectivity index (χ3n) is 2.19. The number of nitrogens with one attached hydrogen (secondary N) is 2. The smallest absolute Gasteiger partial charge is 0.332 e. The number of rotatable bonds is 6. The lowest BCUT2D eigenvalue weighted by molar-refractivity contribution is -0.385. The van der Waals surface area contributed by atoms with E-state index in [0.29, 0.717) is 6.54 Å². The Kier molecular flexibility index (Phi) is 4.58. The van der Waals surface area contributed by atoms with Gasteiger partial charge in [-0.25, -0.2) is 10.8 Å². The summed E-state index contributed by atoms with van der Waals surface area (Å²) in [7, 11) is 0. The molecule has 0 aliphatic rings. The van der Waals surface area contributed by atoms with Gasteiger partial charge in [0.05, 0.1) is 4.92 Å². The van der Waals surface area contributed by atoms with Gasteiger partial charge < -0.3 is 5.32 Å². The molecule has 0 unspecified atom stereocenters. The second kappa shape index (κ2) is 5.94. The topological polar surface area (TPSA) is 119 Å². The third kappa shape index (κ3) is 3.25. The molecule has 1 heterocycles. The van der Waals surface area contributed by atoms with E-state index in [2.05, 4.69) is 20.7 Å². The summed E-state index contributed by atoms with van der Waals surface area (Å²) in [5.41, 5.74) is 2.44. The number of aryl methyl sites for hydroxylation is 1. The molecule has 0 atom stereocenters. The largest absolute Gasteiger partial charge is 0.364 e. The van der Waals surface area contributed by atoms with Crippen LogP contribution in [0.3, 0.4) is 0 Å². The molecular weight excluding hydrogens is 224 g/mol.